The van der Waals surface area contributed by atoms with Gasteiger partial charge in [-0.2, -0.15) is 0 Å². The molecule has 0 radical (unpaired) electrons. The van der Waals surface area contributed by atoms with Gasteiger partial charge in [0.05, 0.1) is 0 Å². The summed E-state index contributed by atoms with van der Waals surface area (Å²) in [6.45, 7) is 3.66. The maximum atomic E-state index is 11.9. The van der Waals surface area contributed by atoms with Crippen LogP contribution in [0.15, 0.2) is 22.8 Å². The highest BCUT2D eigenvalue weighted by Crippen LogP contribution is 2.10. The van der Waals surface area contributed by atoms with Gasteiger partial charge in [-0.1, -0.05) is 26.3 Å². The molecule has 0 spiro atoms. The van der Waals surface area contributed by atoms with Gasteiger partial charge < -0.3 is 10.4 Å². The first-order chi connectivity index (χ1) is 8.45. The Morgan fingerprint density at radius 3 is 2.67 bits per heavy atom. The number of aromatic nitrogens is 1. The zero-order valence-corrected chi connectivity index (χ0v) is 11.8. The van der Waals surface area contributed by atoms with E-state index in [4.69, 9.17) is 5.11 Å². The Balaban J connectivity index is 2.82. The number of hydrogen-bond donors (Lipinski definition) is 2. The molecular formula is C12H15BrN2O3. The molecule has 18 heavy (non-hydrogen) atoms. The Labute approximate surface area is 114 Å². The van der Waals surface area contributed by atoms with E-state index in [1.54, 1.807) is 19.1 Å². The molecule has 0 aliphatic rings. The van der Waals surface area contributed by atoms with Crippen LogP contribution in [0.25, 0.3) is 0 Å². The molecule has 1 amide bonds. The first-order valence-corrected chi connectivity index (χ1v) is 6.41. The van der Waals surface area contributed by atoms with Crippen LogP contribution in [0.3, 0.4) is 0 Å². The highest BCUT2D eigenvalue weighted by molar-refractivity contribution is 9.10. The average Bonchev–Trinajstić information content (AvgIpc) is 2.34. The Morgan fingerprint density at radius 1 is 1.50 bits per heavy atom. The minimum absolute atomic E-state index is 0.140. The van der Waals surface area contributed by atoms with Gasteiger partial charge in [0.1, 0.15) is 16.3 Å². The number of carbonyl (C=O) groups is 2. The zero-order valence-electron chi connectivity index (χ0n) is 10.2. The van der Waals surface area contributed by atoms with Crippen molar-refractivity contribution in [1.29, 1.82) is 0 Å². The number of carboxylic acids is 1. The molecule has 0 aliphatic heterocycles. The molecule has 0 aliphatic carbocycles. The molecule has 0 saturated heterocycles. The fourth-order valence-electron chi connectivity index (χ4n) is 1.43. The van der Waals surface area contributed by atoms with Crippen molar-refractivity contribution in [2.45, 2.75) is 26.3 Å². The number of carbonyl (C=O) groups excluding carboxylic acids is 1. The molecular weight excluding hydrogens is 300 g/mol. The topological polar surface area (TPSA) is 79.3 Å². The maximum Gasteiger partial charge on any atom is 0.326 e. The van der Waals surface area contributed by atoms with Gasteiger partial charge in [0.2, 0.25) is 0 Å². The maximum absolute atomic E-state index is 11.9. The molecule has 0 saturated carbocycles. The van der Waals surface area contributed by atoms with Gasteiger partial charge in [0.25, 0.3) is 5.91 Å². The minimum atomic E-state index is -1.03. The molecule has 0 bridgehead atoms. The smallest absolute Gasteiger partial charge is 0.326 e. The normalized spacial score (nSPS) is 13.7. The van der Waals surface area contributed by atoms with Crippen molar-refractivity contribution >= 4 is 27.8 Å². The number of nitrogens with zero attached hydrogens (tertiary/aromatic N) is 1. The molecule has 1 unspecified atom stereocenters. The van der Waals surface area contributed by atoms with Crippen LogP contribution in [0.5, 0.6) is 0 Å². The average molecular weight is 315 g/mol. The first kappa shape index (κ1) is 14.6. The van der Waals surface area contributed by atoms with Gasteiger partial charge in [-0.15, -0.1) is 0 Å². The van der Waals surface area contributed by atoms with Crippen LogP contribution in [-0.2, 0) is 4.79 Å². The van der Waals surface area contributed by atoms with Crippen molar-refractivity contribution < 1.29 is 14.7 Å². The first-order valence-electron chi connectivity index (χ1n) is 5.62. The molecule has 1 rings (SSSR count). The van der Waals surface area contributed by atoms with Crippen LogP contribution in [0.1, 0.15) is 30.8 Å². The highest BCUT2D eigenvalue weighted by Gasteiger charge is 2.26. The van der Waals surface area contributed by atoms with Crippen LogP contribution in [0.2, 0.25) is 0 Å². The van der Waals surface area contributed by atoms with Crippen LogP contribution >= 0.6 is 15.9 Å². The lowest BCUT2D eigenvalue weighted by Gasteiger charge is -2.19. The number of nitrogens with one attached hydrogen (secondary N) is 1. The van der Waals surface area contributed by atoms with E-state index in [1.165, 1.54) is 6.07 Å². The number of hydrogen-bond acceptors (Lipinski definition) is 3. The number of pyridine rings is 1. The van der Waals surface area contributed by atoms with Gasteiger partial charge in [0, 0.05) is 0 Å². The molecule has 2 atom stereocenters. The third-order valence-electron chi connectivity index (χ3n) is 2.71. The van der Waals surface area contributed by atoms with Crippen molar-refractivity contribution in [2.75, 3.05) is 0 Å². The SMILES string of the molecule is CCC(C)[C@H](NC(=O)c1cccc(Br)n1)C(=O)O. The lowest BCUT2D eigenvalue weighted by Crippen LogP contribution is -2.45. The summed E-state index contributed by atoms with van der Waals surface area (Å²) in [6, 6.07) is 4.00. The van der Waals surface area contributed by atoms with E-state index >= 15 is 0 Å². The van der Waals surface area contributed by atoms with Crippen molar-refractivity contribution in [3.8, 4) is 0 Å². The third-order valence-corrected chi connectivity index (χ3v) is 3.16. The van der Waals surface area contributed by atoms with E-state index in [1.807, 2.05) is 6.92 Å². The predicted molar refractivity (Wildman–Crippen MR) is 70.3 cm³/mol. The molecule has 98 valence electrons. The molecule has 2 N–H and O–H groups in total. The van der Waals surface area contributed by atoms with Gasteiger partial charge in [0.15, 0.2) is 0 Å². The quantitative estimate of drug-likeness (QED) is 0.815. The van der Waals surface area contributed by atoms with E-state index in [9.17, 15) is 9.59 Å². The number of halogens is 1. The van der Waals surface area contributed by atoms with E-state index in [2.05, 4.69) is 26.2 Å². The largest absolute Gasteiger partial charge is 0.480 e. The summed E-state index contributed by atoms with van der Waals surface area (Å²) in [5.74, 6) is -1.66. The summed E-state index contributed by atoms with van der Waals surface area (Å²) >= 11 is 3.16. The summed E-state index contributed by atoms with van der Waals surface area (Å²) < 4.78 is 0.533. The molecule has 6 heteroatoms. The van der Waals surface area contributed by atoms with Gasteiger partial charge in [-0.3, -0.25) is 4.79 Å². The third kappa shape index (κ3) is 3.80. The lowest BCUT2D eigenvalue weighted by atomic mass is 9.99. The molecule has 1 heterocycles. The molecule has 1 aromatic heterocycles. The van der Waals surface area contributed by atoms with Crippen LogP contribution in [0, 0.1) is 5.92 Å². The fourth-order valence-corrected chi connectivity index (χ4v) is 1.78. The molecule has 5 nitrogen and oxygen atoms in total. The summed E-state index contributed by atoms with van der Waals surface area (Å²) in [5.41, 5.74) is 0.193. The summed E-state index contributed by atoms with van der Waals surface area (Å²) in [6.07, 6.45) is 0.670. The van der Waals surface area contributed by atoms with E-state index < -0.39 is 17.9 Å². The van der Waals surface area contributed by atoms with Crippen molar-refractivity contribution in [1.82, 2.24) is 10.3 Å². The molecule has 0 fully saturated rings. The molecule has 1 aromatic rings. The number of carboxylic acid groups (broad SMARTS) is 1. The van der Waals surface area contributed by atoms with Crippen molar-refractivity contribution in [2.24, 2.45) is 5.92 Å². The van der Waals surface area contributed by atoms with Gasteiger partial charge in [-0.25, -0.2) is 9.78 Å². The van der Waals surface area contributed by atoms with E-state index in [0.717, 1.165) is 0 Å². The summed E-state index contributed by atoms with van der Waals surface area (Å²) in [7, 11) is 0. The van der Waals surface area contributed by atoms with Gasteiger partial charge >= 0.3 is 5.97 Å². The Hall–Kier alpha value is -1.43. The Morgan fingerprint density at radius 2 is 2.17 bits per heavy atom. The monoisotopic (exact) mass is 314 g/mol. The number of amides is 1. The standard InChI is InChI=1S/C12H15BrN2O3/c1-3-7(2)10(12(17)18)15-11(16)8-5-4-6-9(13)14-8/h4-7,10H,3H2,1-2H3,(H,15,16)(H,17,18)/t7?,10-/m0/s1. The van der Waals surface area contributed by atoms with E-state index in [-0.39, 0.29) is 11.6 Å². The second kappa shape index (κ2) is 6.49. The predicted octanol–water partition coefficient (Wildman–Crippen LogP) is 2.07. The van der Waals surface area contributed by atoms with Crippen LogP contribution in [0.4, 0.5) is 0 Å². The van der Waals surface area contributed by atoms with Gasteiger partial charge in [-0.05, 0) is 34.0 Å². The Kier molecular flexibility index (Phi) is 5.27. The van der Waals surface area contributed by atoms with Crippen molar-refractivity contribution in [3.63, 3.8) is 0 Å². The van der Waals surface area contributed by atoms with E-state index in [0.29, 0.717) is 11.0 Å². The number of rotatable bonds is 5. The second-order valence-electron chi connectivity index (χ2n) is 4.02. The second-order valence-corrected chi connectivity index (χ2v) is 4.83. The Bertz CT molecular complexity index is 451. The zero-order chi connectivity index (χ0) is 13.7. The fraction of sp³-hybridized carbons (Fsp3) is 0.417. The highest BCUT2D eigenvalue weighted by atomic mass is 79.9. The number of aliphatic carboxylic acids is 1. The molecule has 0 aromatic carbocycles. The summed E-state index contributed by atoms with van der Waals surface area (Å²) in [5, 5.41) is 11.6. The van der Waals surface area contributed by atoms with Crippen LogP contribution in [-0.4, -0.2) is 28.0 Å². The summed E-state index contributed by atoms with van der Waals surface area (Å²) in [4.78, 5) is 26.9. The lowest BCUT2D eigenvalue weighted by molar-refractivity contribution is -0.140. The van der Waals surface area contributed by atoms with Crippen LogP contribution < -0.4 is 5.32 Å². The minimum Gasteiger partial charge on any atom is -0.480 e. The van der Waals surface area contributed by atoms with Crippen molar-refractivity contribution in [3.05, 3.63) is 28.5 Å².